The second kappa shape index (κ2) is 4.00. The third kappa shape index (κ3) is 2.49. The van der Waals surface area contributed by atoms with Crippen LogP contribution in [0.25, 0.3) is 0 Å². The van der Waals surface area contributed by atoms with Crippen LogP contribution in [-0.4, -0.2) is 21.3 Å². The lowest BCUT2D eigenvalue weighted by Crippen LogP contribution is -2.52. The predicted molar refractivity (Wildman–Crippen MR) is 66.9 cm³/mol. The lowest BCUT2D eigenvalue weighted by molar-refractivity contribution is 0.371. The zero-order chi connectivity index (χ0) is 11.1. The first kappa shape index (κ1) is 11.3. The van der Waals surface area contributed by atoms with Gasteiger partial charge in [0.25, 0.3) is 0 Å². The summed E-state index contributed by atoms with van der Waals surface area (Å²) in [6, 6.07) is 2.40. The first-order valence-corrected chi connectivity index (χ1v) is 7.51. The summed E-state index contributed by atoms with van der Waals surface area (Å²) in [6.45, 7) is 6.37. The van der Waals surface area contributed by atoms with Crippen molar-refractivity contribution in [1.82, 2.24) is 5.32 Å². The Morgan fingerprint density at radius 3 is 2.87 bits per heavy atom. The van der Waals surface area contributed by atoms with E-state index in [2.05, 4.69) is 37.5 Å². The highest BCUT2D eigenvalue weighted by Gasteiger charge is 2.33. The average Bonchev–Trinajstić information content (AvgIpc) is 2.47. The third-order valence-corrected chi connectivity index (χ3v) is 5.54. The van der Waals surface area contributed by atoms with Gasteiger partial charge in [-0.25, -0.2) is 0 Å². The number of nitrogens with one attached hydrogen (secondary N) is 1. The number of hydrogen-bond acceptors (Lipinski definition) is 3. The Kier molecular flexibility index (Phi) is 3.01. The Balaban J connectivity index is 2.24. The van der Waals surface area contributed by atoms with Gasteiger partial charge in [-0.2, -0.15) is 0 Å². The van der Waals surface area contributed by atoms with Crippen molar-refractivity contribution in [1.29, 1.82) is 0 Å². The third-order valence-electron chi connectivity index (χ3n) is 2.66. The standard InChI is InChI=1S/C11H17NOS2/c1-8-4-5-14-10(8)9-6-15(13)7-11(2,3)12-9/h4-5,9,12H,6-7H2,1-3H3. The van der Waals surface area contributed by atoms with E-state index in [1.807, 2.05) is 0 Å². The zero-order valence-electron chi connectivity index (χ0n) is 9.37. The molecule has 0 radical (unpaired) electrons. The minimum atomic E-state index is -0.688. The van der Waals surface area contributed by atoms with E-state index in [1.54, 1.807) is 11.3 Å². The summed E-state index contributed by atoms with van der Waals surface area (Å²) < 4.78 is 11.8. The average molecular weight is 243 g/mol. The van der Waals surface area contributed by atoms with Crippen molar-refractivity contribution in [3.8, 4) is 0 Å². The van der Waals surface area contributed by atoms with E-state index in [0.29, 0.717) is 0 Å². The Labute approximate surface area is 97.5 Å². The van der Waals surface area contributed by atoms with Crippen molar-refractivity contribution in [2.75, 3.05) is 11.5 Å². The van der Waals surface area contributed by atoms with Crippen LogP contribution in [0.3, 0.4) is 0 Å². The number of hydrogen-bond donors (Lipinski definition) is 1. The van der Waals surface area contributed by atoms with Crippen molar-refractivity contribution in [2.24, 2.45) is 0 Å². The first-order chi connectivity index (χ1) is 6.98. The summed E-state index contributed by atoms with van der Waals surface area (Å²) in [4.78, 5) is 1.34. The lowest BCUT2D eigenvalue weighted by Gasteiger charge is -2.36. The molecule has 0 spiro atoms. The van der Waals surface area contributed by atoms with Crippen molar-refractivity contribution < 1.29 is 4.21 Å². The Bertz CT molecular complexity index is 384. The second-order valence-electron chi connectivity index (χ2n) is 4.80. The maximum atomic E-state index is 11.8. The topological polar surface area (TPSA) is 29.1 Å². The van der Waals surface area contributed by atoms with E-state index in [9.17, 15) is 4.21 Å². The van der Waals surface area contributed by atoms with Gasteiger partial charge in [0.2, 0.25) is 0 Å². The van der Waals surface area contributed by atoms with Gasteiger partial charge in [-0.3, -0.25) is 4.21 Å². The fraction of sp³-hybridized carbons (Fsp3) is 0.636. The van der Waals surface area contributed by atoms with E-state index < -0.39 is 10.8 Å². The highest BCUT2D eigenvalue weighted by Crippen LogP contribution is 2.29. The van der Waals surface area contributed by atoms with E-state index in [4.69, 9.17) is 0 Å². The lowest BCUT2D eigenvalue weighted by atomic mass is 10.1. The molecule has 0 aliphatic carbocycles. The fourth-order valence-corrected chi connectivity index (χ4v) is 4.80. The Morgan fingerprint density at radius 2 is 2.33 bits per heavy atom. The molecule has 0 amide bonds. The van der Waals surface area contributed by atoms with Crippen molar-refractivity contribution >= 4 is 22.1 Å². The molecule has 1 aliphatic rings. The normalized spacial score (nSPS) is 30.3. The molecule has 1 N–H and O–H groups in total. The van der Waals surface area contributed by atoms with Gasteiger partial charge in [-0.1, -0.05) is 0 Å². The van der Waals surface area contributed by atoms with Gasteiger partial charge in [0.05, 0.1) is 6.04 Å². The molecule has 4 heteroatoms. The zero-order valence-corrected chi connectivity index (χ0v) is 11.0. The minimum absolute atomic E-state index is 0.00971. The van der Waals surface area contributed by atoms with Gasteiger partial charge in [-0.05, 0) is 37.8 Å². The van der Waals surface area contributed by atoms with Crippen molar-refractivity contribution in [3.05, 3.63) is 21.9 Å². The molecule has 0 saturated carbocycles. The van der Waals surface area contributed by atoms with Gasteiger partial charge in [-0.15, -0.1) is 11.3 Å². The molecule has 2 unspecified atom stereocenters. The van der Waals surface area contributed by atoms with Crippen LogP contribution in [0.1, 0.15) is 30.3 Å². The Morgan fingerprint density at radius 1 is 1.60 bits per heavy atom. The number of aryl methyl sites for hydroxylation is 1. The molecule has 2 rings (SSSR count). The van der Waals surface area contributed by atoms with Crippen LogP contribution < -0.4 is 5.32 Å². The molecule has 0 bridgehead atoms. The smallest absolute Gasteiger partial charge is 0.0538 e. The molecule has 84 valence electrons. The van der Waals surface area contributed by atoms with Crippen LogP contribution in [0.2, 0.25) is 0 Å². The predicted octanol–water partition coefficient (Wildman–Crippen LogP) is 2.23. The van der Waals surface area contributed by atoms with E-state index in [1.165, 1.54) is 10.4 Å². The molecular weight excluding hydrogens is 226 g/mol. The van der Waals surface area contributed by atoms with Crippen molar-refractivity contribution in [2.45, 2.75) is 32.4 Å². The van der Waals surface area contributed by atoms with Gasteiger partial charge < -0.3 is 5.32 Å². The number of rotatable bonds is 1. The Hall–Kier alpha value is -0.190. The molecule has 1 saturated heterocycles. The summed E-state index contributed by atoms with van der Waals surface area (Å²) in [6.07, 6.45) is 0. The fourth-order valence-electron chi connectivity index (χ4n) is 2.08. The molecule has 0 aromatic carbocycles. The molecular formula is C11H17NOS2. The molecule has 1 aromatic rings. The summed E-state index contributed by atoms with van der Waals surface area (Å²) in [5, 5.41) is 5.69. The molecule has 2 heterocycles. The van der Waals surface area contributed by atoms with Crippen LogP contribution in [0.5, 0.6) is 0 Å². The van der Waals surface area contributed by atoms with Crippen molar-refractivity contribution in [3.63, 3.8) is 0 Å². The number of thiophene rings is 1. The van der Waals surface area contributed by atoms with Crippen LogP contribution in [0.4, 0.5) is 0 Å². The molecule has 15 heavy (non-hydrogen) atoms. The highest BCUT2D eigenvalue weighted by molar-refractivity contribution is 7.85. The summed E-state index contributed by atoms with van der Waals surface area (Å²) in [5.74, 6) is 1.51. The summed E-state index contributed by atoms with van der Waals surface area (Å²) in [5.41, 5.74) is 1.30. The monoisotopic (exact) mass is 243 g/mol. The van der Waals surface area contributed by atoms with Crippen LogP contribution >= 0.6 is 11.3 Å². The van der Waals surface area contributed by atoms with Gasteiger partial charge >= 0.3 is 0 Å². The quantitative estimate of drug-likeness (QED) is 0.819. The SMILES string of the molecule is Cc1ccsc1C1CS(=O)CC(C)(C)N1. The van der Waals surface area contributed by atoms with E-state index in [0.717, 1.165) is 11.5 Å². The van der Waals surface area contributed by atoms with E-state index >= 15 is 0 Å². The first-order valence-electron chi connectivity index (χ1n) is 5.15. The van der Waals surface area contributed by atoms with Gasteiger partial charge in [0.1, 0.15) is 0 Å². The van der Waals surface area contributed by atoms with Gasteiger partial charge in [0, 0.05) is 32.7 Å². The second-order valence-corrected chi connectivity index (χ2v) is 7.25. The van der Waals surface area contributed by atoms with Gasteiger partial charge in [0.15, 0.2) is 0 Å². The largest absolute Gasteiger partial charge is 0.303 e. The molecule has 1 fully saturated rings. The molecule has 1 aromatic heterocycles. The summed E-state index contributed by atoms with van der Waals surface area (Å²) >= 11 is 1.76. The molecule has 1 aliphatic heterocycles. The molecule has 2 nitrogen and oxygen atoms in total. The minimum Gasteiger partial charge on any atom is -0.303 e. The molecule has 2 atom stereocenters. The maximum absolute atomic E-state index is 11.8. The summed E-state index contributed by atoms with van der Waals surface area (Å²) in [7, 11) is -0.688. The van der Waals surface area contributed by atoms with E-state index in [-0.39, 0.29) is 11.6 Å². The van der Waals surface area contributed by atoms with Crippen LogP contribution in [-0.2, 0) is 10.8 Å². The highest BCUT2D eigenvalue weighted by atomic mass is 32.2. The maximum Gasteiger partial charge on any atom is 0.0538 e. The van der Waals surface area contributed by atoms with Crippen LogP contribution in [0, 0.1) is 6.92 Å². The van der Waals surface area contributed by atoms with Crippen LogP contribution in [0.15, 0.2) is 11.4 Å².